The van der Waals surface area contributed by atoms with Gasteiger partial charge in [-0.15, -0.1) is 0 Å². The molecule has 3 aromatic carbocycles. The Morgan fingerprint density at radius 2 is 1.88 bits per heavy atom. The highest BCUT2D eigenvalue weighted by Crippen LogP contribution is 2.37. The molecule has 7 nitrogen and oxygen atoms in total. The number of aryl methyl sites for hydroxylation is 1. The number of nitrogen functional groups attached to an aromatic ring is 1. The van der Waals surface area contributed by atoms with Gasteiger partial charge < -0.3 is 16.8 Å². The number of rotatable bonds is 5. The smallest absolute Gasteiger partial charge is 0.382 e. The molecule has 2 heterocycles. The molecule has 0 saturated carbocycles. The van der Waals surface area contributed by atoms with Crippen molar-refractivity contribution in [3.8, 4) is 11.3 Å². The van der Waals surface area contributed by atoms with Crippen LogP contribution in [0, 0.1) is 6.92 Å². The molecule has 1 atom stereocenters. The highest BCUT2D eigenvalue weighted by molar-refractivity contribution is 6.04. The summed E-state index contributed by atoms with van der Waals surface area (Å²) in [5.41, 5.74) is 16.9. The number of allylic oxidation sites excluding steroid dienone is 1. The Hall–Kier alpha value is -4.70. The van der Waals surface area contributed by atoms with Crippen molar-refractivity contribution in [1.29, 1.82) is 0 Å². The third-order valence-corrected chi connectivity index (χ3v) is 7.73. The molecule has 1 amide bonds. The van der Waals surface area contributed by atoms with Gasteiger partial charge in [-0.2, -0.15) is 13.2 Å². The molecule has 5 N–H and O–H groups in total. The van der Waals surface area contributed by atoms with Gasteiger partial charge in [0.25, 0.3) is 0 Å². The third kappa shape index (κ3) is 5.09. The number of nitrogens with zero attached hydrogens (tertiary/aromatic N) is 3. The van der Waals surface area contributed by atoms with Gasteiger partial charge >= 0.3 is 6.18 Å². The summed E-state index contributed by atoms with van der Waals surface area (Å²) in [5, 5.41) is 4.30. The quantitative estimate of drug-likeness (QED) is 0.222. The molecule has 2 aromatic heterocycles. The van der Waals surface area contributed by atoms with Crippen LogP contribution in [0.15, 0.2) is 72.9 Å². The van der Waals surface area contributed by atoms with E-state index >= 15 is 0 Å². The minimum atomic E-state index is -4.50. The lowest BCUT2D eigenvalue weighted by Gasteiger charge is -2.19. The molecule has 0 bridgehead atoms. The number of hydrogen-bond acceptors (Lipinski definition) is 5. The summed E-state index contributed by atoms with van der Waals surface area (Å²) >= 11 is 0. The summed E-state index contributed by atoms with van der Waals surface area (Å²) in [6.07, 6.45) is 1.96. The molecule has 5 aromatic rings. The summed E-state index contributed by atoms with van der Waals surface area (Å²) in [7, 11) is 0. The molecular formula is C32H29F3N6O. The van der Waals surface area contributed by atoms with Crippen molar-refractivity contribution in [3.05, 3.63) is 95.6 Å². The summed E-state index contributed by atoms with van der Waals surface area (Å²) < 4.78 is 41.4. The summed E-state index contributed by atoms with van der Waals surface area (Å²) in [6.45, 7) is 1.93. The predicted molar refractivity (Wildman–Crippen MR) is 159 cm³/mol. The third-order valence-electron chi connectivity index (χ3n) is 7.73. The number of anilines is 2. The van der Waals surface area contributed by atoms with Crippen LogP contribution < -0.4 is 16.8 Å². The topological polar surface area (TPSA) is 111 Å². The van der Waals surface area contributed by atoms with Gasteiger partial charge in [-0.25, -0.2) is 9.97 Å². The van der Waals surface area contributed by atoms with E-state index in [-0.39, 0.29) is 18.2 Å². The number of fused-ring (bicyclic) bond motifs is 2. The molecular weight excluding hydrogens is 541 g/mol. The van der Waals surface area contributed by atoms with Crippen LogP contribution in [0.1, 0.15) is 41.9 Å². The van der Waals surface area contributed by atoms with Gasteiger partial charge in [-0.1, -0.05) is 48.5 Å². The average molecular weight is 571 g/mol. The SMILES string of the molecule is Cc1nc(-c2ccc(CC(=O)Nc3cccc(C(F)(F)F)c3)c3ccccc23)c2c(N)ncc(C3=CCC(N)CC3)n12. The molecule has 42 heavy (non-hydrogen) atoms. The van der Waals surface area contributed by atoms with Crippen LogP contribution in [0.3, 0.4) is 0 Å². The predicted octanol–water partition coefficient (Wildman–Crippen LogP) is 6.53. The van der Waals surface area contributed by atoms with Crippen molar-refractivity contribution in [2.24, 2.45) is 5.73 Å². The monoisotopic (exact) mass is 570 g/mol. The van der Waals surface area contributed by atoms with Crippen molar-refractivity contribution >= 4 is 39.3 Å². The molecule has 0 aliphatic heterocycles. The van der Waals surface area contributed by atoms with Crippen molar-refractivity contribution < 1.29 is 18.0 Å². The molecule has 1 aliphatic rings. The molecule has 1 unspecified atom stereocenters. The maximum atomic E-state index is 13.1. The number of nitrogens with two attached hydrogens (primary N) is 2. The number of nitrogens with one attached hydrogen (secondary N) is 1. The van der Waals surface area contributed by atoms with Gasteiger partial charge in [0, 0.05) is 17.3 Å². The second kappa shape index (κ2) is 10.6. The van der Waals surface area contributed by atoms with E-state index in [2.05, 4.69) is 16.4 Å². The van der Waals surface area contributed by atoms with Crippen LogP contribution in [0.2, 0.25) is 0 Å². The zero-order chi connectivity index (χ0) is 29.6. The summed E-state index contributed by atoms with van der Waals surface area (Å²) in [5.74, 6) is 0.707. The fourth-order valence-corrected chi connectivity index (χ4v) is 5.69. The minimum Gasteiger partial charge on any atom is -0.382 e. The van der Waals surface area contributed by atoms with Crippen LogP contribution in [0.4, 0.5) is 24.7 Å². The second-order valence-corrected chi connectivity index (χ2v) is 10.6. The zero-order valence-electron chi connectivity index (χ0n) is 22.9. The molecule has 1 aliphatic carbocycles. The van der Waals surface area contributed by atoms with E-state index in [4.69, 9.17) is 16.5 Å². The Labute approximate surface area is 240 Å². The first-order chi connectivity index (χ1) is 20.1. The van der Waals surface area contributed by atoms with Gasteiger partial charge in [-0.3, -0.25) is 9.20 Å². The maximum absolute atomic E-state index is 13.1. The fourth-order valence-electron chi connectivity index (χ4n) is 5.69. The van der Waals surface area contributed by atoms with Gasteiger partial charge in [0.1, 0.15) is 22.9 Å². The standard InChI is InChI=1S/C32H29F3N6O/c1-18-39-29(30-31(37)38-17-27(41(18)30)19-9-12-22(36)13-10-19)26-14-11-20(24-7-2-3-8-25(24)26)15-28(42)40-23-6-4-5-21(16-23)32(33,34)35/h2-9,11,14,16-17,22H,10,12-13,15,36H2,1H3,(H2,37,38)(H,40,42). The Kier molecular flexibility index (Phi) is 6.94. The largest absolute Gasteiger partial charge is 0.416 e. The number of alkyl halides is 3. The molecule has 214 valence electrons. The molecule has 6 rings (SSSR count). The van der Waals surface area contributed by atoms with Crippen LogP contribution in [0.25, 0.3) is 33.1 Å². The van der Waals surface area contributed by atoms with Gasteiger partial charge in [0.05, 0.1) is 23.9 Å². The van der Waals surface area contributed by atoms with Crippen LogP contribution in [-0.2, 0) is 17.4 Å². The number of imidazole rings is 1. The first-order valence-corrected chi connectivity index (χ1v) is 13.7. The normalized spacial score (nSPS) is 15.6. The fraction of sp³-hybridized carbons (Fsp3) is 0.219. The number of aromatic nitrogens is 3. The maximum Gasteiger partial charge on any atom is 0.416 e. The minimum absolute atomic E-state index is 0.0237. The number of amides is 1. The number of carbonyl (C=O) groups is 1. The van der Waals surface area contributed by atoms with E-state index in [1.165, 1.54) is 12.1 Å². The van der Waals surface area contributed by atoms with E-state index in [1.54, 1.807) is 6.20 Å². The van der Waals surface area contributed by atoms with Gasteiger partial charge in [0.2, 0.25) is 5.91 Å². The Morgan fingerprint density at radius 3 is 2.62 bits per heavy atom. The van der Waals surface area contributed by atoms with Crippen molar-refractivity contribution in [1.82, 2.24) is 14.4 Å². The van der Waals surface area contributed by atoms with Crippen LogP contribution in [-0.4, -0.2) is 26.3 Å². The summed E-state index contributed by atoms with van der Waals surface area (Å²) in [4.78, 5) is 22.4. The van der Waals surface area contributed by atoms with Crippen LogP contribution >= 0.6 is 0 Å². The number of carbonyl (C=O) groups excluding carboxylic acids is 1. The molecule has 10 heteroatoms. The lowest BCUT2D eigenvalue weighted by atomic mass is 9.93. The Bertz CT molecular complexity index is 1870. The highest BCUT2D eigenvalue weighted by atomic mass is 19.4. The van der Waals surface area contributed by atoms with E-state index in [1.807, 2.05) is 47.7 Å². The van der Waals surface area contributed by atoms with E-state index in [0.29, 0.717) is 17.0 Å². The summed E-state index contributed by atoms with van der Waals surface area (Å²) in [6, 6.07) is 16.2. The molecule has 0 saturated heterocycles. The number of halogens is 3. The Balaban J connectivity index is 1.38. The van der Waals surface area contributed by atoms with Crippen molar-refractivity contribution in [2.75, 3.05) is 11.1 Å². The lowest BCUT2D eigenvalue weighted by Crippen LogP contribution is -2.21. The lowest BCUT2D eigenvalue weighted by molar-refractivity contribution is -0.137. The number of hydrogen-bond donors (Lipinski definition) is 3. The first-order valence-electron chi connectivity index (χ1n) is 13.7. The highest BCUT2D eigenvalue weighted by Gasteiger charge is 2.30. The van der Waals surface area contributed by atoms with Gasteiger partial charge in [-0.05, 0) is 66.3 Å². The van der Waals surface area contributed by atoms with E-state index in [0.717, 1.165) is 70.4 Å². The van der Waals surface area contributed by atoms with Crippen molar-refractivity contribution in [2.45, 2.75) is 44.8 Å². The second-order valence-electron chi connectivity index (χ2n) is 10.6. The van der Waals surface area contributed by atoms with Crippen LogP contribution in [0.5, 0.6) is 0 Å². The zero-order valence-corrected chi connectivity index (χ0v) is 22.9. The van der Waals surface area contributed by atoms with E-state index in [9.17, 15) is 18.0 Å². The van der Waals surface area contributed by atoms with Crippen molar-refractivity contribution in [3.63, 3.8) is 0 Å². The average Bonchev–Trinajstić information content (AvgIpc) is 3.31. The molecule has 0 fully saturated rings. The van der Waals surface area contributed by atoms with Gasteiger partial charge in [0.15, 0.2) is 0 Å². The molecule has 0 spiro atoms. The number of benzene rings is 3. The molecule has 0 radical (unpaired) electrons. The Morgan fingerprint density at radius 1 is 1.10 bits per heavy atom. The first kappa shape index (κ1) is 27.5. The van der Waals surface area contributed by atoms with E-state index < -0.39 is 17.6 Å².